The minimum absolute atomic E-state index is 0.0105. The maximum atomic E-state index is 12.7. The molecule has 3 rings (SSSR count). The maximum absolute atomic E-state index is 12.7. The number of pyridine rings is 1. The Labute approximate surface area is 184 Å². The van der Waals surface area contributed by atoms with Crippen molar-refractivity contribution in [3.05, 3.63) is 92.9 Å². The van der Waals surface area contributed by atoms with Crippen LogP contribution in [0, 0.1) is 0 Å². The number of para-hydroxylation sites is 1. The molecule has 0 unspecified atom stereocenters. The fourth-order valence-electron chi connectivity index (χ4n) is 2.96. The first-order chi connectivity index (χ1) is 15.0. The highest BCUT2D eigenvalue weighted by Crippen LogP contribution is 2.29. The lowest BCUT2D eigenvalue weighted by Crippen LogP contribution is -2.30. The quantitative estimate of drug-likeness (QED) is 0.428. The fourth-order valence-corrected chi connectivity index (χ4v) is 3.09. The average molecular weight is 440 g/mol. The van der Waals surface area contributed by atoms with Crippen molar-refractivity contribution in [1.29, 1.82) is 0 Å². The van der Waals surface area contributed by atoms with Crippen molar-refractivity contribution in [2.24, 2.45) is 5.10 Å². The summed E-state index contributed by atoms with van der Waals surface area (Å²) in [5, 5.41) is 4.59. The van der Waals surface area contributed by atoms with Gasteiger partial charge in [-0.25, -0.2) is 5.43 Å². The number of benzene rings is 2. The Morgan fingerprint density at radius 3 is 2.65 bits per heavy atom. The Hall–Kier alpha value is -3.58. The second kappa shape index (κ2) is 10.4. The predicted molar refractivity (Wildman–Crippen MR) is 120 cm³/mol. The average Bonchev–Trinajstić information content (AvgIpc) is 2.77. The van der Waals surface area contributed by atoms with Crippen molar-refractivity contribution in [3.8, 4) is 11.5 Å². The Balaban J connectivity index is 1.75. The molecule has 0 saturated heterocycles. The molecule has 1 heterocycles. The third-order valence-corrected chi connectivity index (χ3v) is 4.67. The van der Waals surface area contributed by atoms with Gasteiger partial charge >= 0.3 is 0 Å². The number of hydrogen-bond acceptors (Lipinski definition) is 5. The topological polar surface area (TPSA) is 81.9 Å². The highest BCUT2D eigenvalue weighted by atomic mass is 35.5. The standard InChI is InChI=1S/C23H22ClN3O4/c1-3-31-20-8-4-6-17(21(20)30-2)14-25-26-22(28)19-7-5-13-27(23(19)29)15-16-9-11-18(24)12-10-16/h4-14H,3,15H2,1-2H3,(H,26,28)/b25-14-. The number of carbonyl (C=O) groups excluding carboxylic acids is 1. The summed E-state index contributed by atoms with van der Waals surface area (Å²) in [6.07, 6.45) is 3.06. The molecule has 0 spiro atoms. The number of halogens is 1. The number of nitrogens with one attached hydrogen (secondary N) is 1. The second-order valence-corrected chi connectivity index (χ2v) is 6.93. The zero-order valence-electron chi connectivity index (χ0n) is 17.2. The van der Waals surface area contributed by atoms with E-state index >= 15 is 0 Å². The summed E-state index contributed by atoms with van der Waals surface area (Å²) < 4.78 is 12.4. The molecule has 160 valence electrons. The Bertz CT molecular complexity index is 1140. The van der Waals surface area contributed by atoms with E-state index in [1.54, 1.807) is 42.6 Å². The lowest BCUT2D eigenvalue weighted by atomic mass is 10.2. The number of nitrogens with zero attached hydrogens (tertiary/aromatic N) is 2. The molecule has 0 fully saturated rings. The Morgan fingerprint density at radius 1 is 1.16 bits per heavy atom. The largest absolute Gasteiger partial charge is 0.492 e. The molecule has 8 heteroatoms. The zero-order valence-corrected chi connectivity index (χ0v) is 17.9. The van der Waals surface area contributed by atoms with Gasteiger partial charge in [0.25, 0.3) is 11.5 Å². The molecule has 0 bridgehead atoms. The van der Waals surface area contributed by atoms with Crippen molar-refractivity contribution in [2.75, 3.05) is 13.7 Å². The van der Waals surface area contributed by atoms with Gasteiger partial charge in [0.15, 0.2) is 11.5 Å². The molecule has 1 aromatic heterocycles. The number of rotatable bonds is 8. The van der Waals surface area contributed by atoms with E-state index < -0.39 is 11.5 Å². The van der Waals surface area contributed by atoms with Gasteiger partial charge in [0.2, 0.25) is 0 Å². The van der Waals surface area contributed by atoms with E-state index in [2.05, 4.69) is 10.5 Å². The molecule has 0 aliphatic carbocycles. The van der Waals surface area contributed by atoms with Crippen LogP contribution in [0.4, 0.5) is 0 Å². The van der Waals surface area contributed by atoms with E-state index in [4.69, 9.17) is 21.1 Å². The minimum atomic E-state index is -0.605. The summed E-state index contributed by atoms with van der Waals surface area (Å²) in [6, 6.07) is 15.6. The summed E-state index contributed by atoms with van der Waals surface area (Å²) in [4.78, 5) is 25.2. The van der Waals surface area contributed by atoms with Crippen LogP contribution in [0.25, 0.3) is 0 Å². The number of aromatic nitrogens is 1. The number of hydrazone groups is 1. The fraction of sp³-hybridized carbons (Fsp3) is 0.174. The van der Waals surface area contributed by atoms with Crippen LogP contribution in [-0.4, -0.2) is 30.4 Å². The van der Waals surface area contributed by atoms with Gasteiger partial charge in [0.1, 0.15) is 5.56 Å². The highest BCUT2D eigenvalue weighted by Gasteiger charge is 2.12. The molecule has 0 radical (unpaired) electrons. The van der Waals surface area contributed by atoms with Gasteiger partial charge in [-0.15, -0.1) is 0 Å². The van der Waals surface area contributed by atoms with E-state index in [1.807, 2.05) is 19.1 Å². The third-order valence-electron chi connectivity index (χ3n) is 4.41. The summed E-state index contributed by atoms with van der Waals surface area (Å²) in [7, 11) is 1.53. The highest BCUT2D eigenvalue weighted by molar-refractivity contribution is 6.30. The first-order valence-corrected chi connectivity index (χ1v) is 9.98. The Morgan fingerprint density at radius 2 is 1.94 bits per heavy atom. The van der Waals surface area contributed by atoms with E-state index in [-0.39, 0.29) is 5.56 Å². The summed E-state index contributed by atoms with van der Waals surface area (Å²) >= 11 is 5.90. The number of hydrogen-bond donors (Lipinski definition) is 1. The van der Waals surface area contributed by atoms with Crippen molar-refractivity contribution >= 4 is 23.7 Å². The summed E-state index contributed by atoms with van der Waals surface area (Å²) in [5.41, 5.74) is 3.49. The molecular formula is C23H22ClN3O4. The molecule has 7 nitrogen and oxygen atoms in total. The second-order valence-electron chi connectivity index (χ2n) is 6.49. The van der Waals surface area contributed by atoms with E-state index in [1.165, 1.54) is 24.0 Å². The number of ether oxygens (including phenoxy) is 2. The third kappa shape index (κ3) is 5.52. The summed E-state index contributed by atoms with van der Waals surface area (Å²) in [5.74, 6) is 0.479. The smallest absolute Gasteiger partial charge is 0.276 e. The van der Waals surface area contributed by atoms with Crippen molar-refractivity contribution < 1.29 is 14.3 Å². The van der Waals surface area contributed by atoms with Crippen molar-refractivity contribution in [2.45, 2.75) is 13.5 Å². The Kier molecular flexibility index (Phi) is 7.45. The normalized spacial score (nSPS) is 10.8. The zero-order chi connectivity index (χ0) is 22.2. The maximum Gasteiger partial charge on any atom is 0.276 e. The monoisotopic (exact) mass is 439 g/mol. The van der Waals surface area contributed by atoms with Crippen LogP contribution in [0.5, 0.6) is 11.5 Å². The lowest BCUT2D eigenvalue weighted by Gasteiger charge is -2.11. The van der Waals surface area contributed by atoms with Crippen molar-refractivity contribution in [1.82, 2.24) is 9.99 Å². The molecule has 0 saturated carbocycles. The molecule has 1 amide bonds. The molecule has 0 aliphatic heterocycles. The van der Waals surface area contributed by atoms with Gasteiger partial charge in [0, 0.05) is 16.8 Å². The molecule has 31 heavy (non-hydrogen) atoms. The van der Waals surface area contributed by atoms with Crippen LogP contribution in [0.3, 0.4) is 0 Å². The molecule has 0 atom stereocenters. The van der Waals surface area contributed by atoms with Crippen LogP contribution < -0.4 is 20.5 Å². The molecule has 2 aromatic carbocycles. The van der Waals surface area contributed by atoms with Gasteiger partial charge in [-0.2, -0.15) is 5.10 Å². The van der Waals surface area contributed by atoms with Crippen molar-refractivity contribution in [3.63, 3.8) is 0 Å². The lowest BCUT2D eigenvalue weighted by molar-refractivity contribution is 0.0953. The van der Waals surface area contributed by atoms with Crippen LogP contribution in [0.1, 0.15) is 28.4 Å². The van der Waals surface area contributed by atoms with E-state index in [0.29, 0.717) is 35.2 Å². The molecular weight excluding hydrogens is 418 g/mol. The minimum Gasteiger partial charge on any atom is -0.492 e. The van der Waals surface area contributed by atoms with Crippen LogP contribution in [0.2, 0.25) is 5.02 Å². The van der Waals surface area contributed by atoms with Crippen LogP contribution >= 0.6 is 11.6 Å². The number of methoxy groups -OCH3 is 1. The van der Waals surface area contributed by atoms with E-state index in [9.17, 15) is 9.59 Å². The molecule has 0 aliphatic rings. The van der Waals surface area contributed by atoms with Gasteiger partial charge in [0.05, 0.1) is 26.5 Å². The van der Waals surface area contributed by atoms with Gasteiger partial charge in [-0.1, -0.05) is 29.8 Å². The SMILES string of the molecule is CCOc1cccc(/C=N\NC(=O)c2cccn(Cc3ccc(Cl)cc3)c2=O)c1OC. The molecule has 1 N–H and O–H groups in total. The van der Waals surface area contributed by atoms with Crippen LogP contribution in [0.15, 0.2) is 70.7 Å². The number of carbonyl (C=O) groups is 1. The predicted octanol–water partition coefficient (Wildman–Crippen LogP) is 3.72. The van der Waals surface area contributed by atoms with E-state index in [0.717, 1.165) is 5.56 Å². The van der Waals surface area contributed by atoms with Gasteiger partial charge in [-0.05, 0) is 48.9 Å². The van der Waals surface area contributed by atoms with Crippen LogP contribution in [-0.2, 0) is 6.54 Å². The first kappa shape index (κ1) is 22.1. The van der Waals surface area contributed by atoms with Gasteiger partial charge in [-0.3, -0.25) is 9.59 Å². The van der Waals surface area contributed by atoms with Gasteiger partial charge < -0.3 is 14.0 Å². The summed E-state index contributed by atoms with van der Waals surface area (Å²) in [6.45, 7) is 2.69. The molecule has 3 aromatic rings. The first-order valence-electron chi connectivity index (χ1n) is 9.60. The number of amides is 1.